The van der Waals surface area contributed by atoms with Gasteiger partial charge in [0, 0.05) is 22.8 Å². The zero-order chi connectivity index (χ0) is 22.1. The van der Waals surface area contributed by atoms with Crippen molar-refractivity contribution < 1.29 is 8.78 Å². The number of nitrogens with zero attached hydrogens (tertiary/aromatic N) is 1. The lowest BCUT2D eigenvalue weighted by atomic mass is 9.92. The van der Waals surface area contributed by atoms with Gasteiger partial charge in [-0.15, -0.1) is 21.6 Å². The first-order valence-corrected chi connectivity index (χ1v) is 9.66. The fourth-order valence-electron chi connectivity index (χ4n) is 2.77. The molecule has 2 atom stereocenters. The minimum Gasteiger partial charge on any atom is -0.402 e. The largest absolute Gasteiger partial charge is 0.402 e. The Kier molecular flexibility index (Phi) is 9.51. The average molecular weight is 415 g/mol. The molecule has 2 unspecified atom stereocenters. The van der Waals surface area contributed by atoms with Crippen LogP contribution < -0.4 is 16.8 Å². The highest BCUT2D eigenvalue weighted by molar-refractivity contribution is 7.27. The minimum absolute atomic E-state index is 0.250. The molecule has 1 aromatic heterocycles. The molecule has 0 radical (unpaired) electrons. The second-order valence-electron chi connectivity index (χ2n) is 6.78. The Morgan fingerprint density at radius 1 is 1.28 bits per heavy atom. The van der Waals surface area contributed by atoms with Crippen molar-refractivity contribution in [2.75, 3.05) is 5.73 Å². The number of nitrogen functional groups attached to an aromatic ring is 1. The summed E-state index contributed by atoms with van der Waals surface area (Å²) in [6, 6.07) is 4.22. The van der Waals surface area contributed by atoms with Crippen LogP contribution in [0.3, 0.4) is 0 Å². The van der Waals surface area contributed by atoms with Gasteiger partial charge in [-0.2, -0.15) is 0 Å². The fraction of sp³-hybridized carbons (Fsp3) is 0.261. The van der Waals surface area contributed by atoms with Crippen LogP contribution in [0.4, 0.5) is 14.6 Å². The number of nitrogens with two attached hydrogens (primary N) is 2. The fourth-order valence-corrected chi connectivity index (χ4v) is 3.29. The van der Waals surface area contributed by atoms with Gasteiger partial charge in [0.15, 0.2) is 0 Å². The highest BCUT2D eigenvalue weighted by Crippen LogP contribution is 2.27. The van der Waals surface area contributed by atoms with Crippen LogP contribution in [0, 0.1) is 24.0 Å². The summed E-state index contributed by atoms with van der Waals surface area (Å²) in [4.78, 5) is 4.25. The van der Waals surface area contributed by atoms with E-state index in [0.717, 1.165) is 28.8 Å². The van der Waals surface area contributed by atoms with E-state index < -0.39 is 11.6 Å². The lowest BCUT2D eigenvalue weighted by Crippen LogP contribution is -2.15. The maximum absolute atomic E-state index is 14.2. The predicted molar refractivity (Wildman–Crippen MR) is 123 cm³/mol. The molecule has 3 nitrogen and oxygen atoms in total. The molecule has 0 aliphatic heterocycles. The molecule has 0 aliphatic carbocycles. The topological polar surface area (TPSA) is 64.9 Å². The monoisotopic (exact) mass is 415 g/mol. The van der Waals surface area contributed by atoms with Crippen molar-refractivity contribution in [3.63, 3.8) is 0 Å². The van der Waals surface area contributed by atoms with Gasteiger partial charge in [0.1, 0.15) is 17.5 Å². The second-order valence-corrected chi connectivity index (χ2v) is 7.36. The molecule has 0 amide bonds. The first-order chi connectivity index (χ1) is 13.6. The Hall–Kier alpha value is -2.70. The molecule has 29 heavy (non-hydrogen) atoms. The molecule has 2 rings (SSSR count). The lowest BCUT2D eigenvalue weighted by Gasteiger charge is -2.17. The van der Waals surface area contributed by atoms with Crippen LogP contribution in [-0.2, 0) is 6.42 Å². The zero-order valence-corrected chi connectivity index (χ0v) is 18.4. The molecular weight excluding hydrogens is 387 g/mol. The van der Waals surface area contributed by atoms with Crippen LogP contribution in [0.2, 0.25) is 0 Å². The van der Waals surface area contributed by atoms with Crippen LogP contribution in [0.25, 0.3) is 5.57 Å². The summed E-state index contributed by atoms with van der Waals surface area (Å²) in [5.74, 6) is 1.51. The van der Waals surface area contributed by atoms with E-state index in [4.69, 9.17) is 11.5 Å². The average Bonchev–Trinajstić information content (AvgIpc) is 2.65. The number of rotatable bonds is 5. The molecule has 2 aromatic rings. The van der Waals surface area contributed by atoms with Crippen LogP contribution in [-0.4, -0.2) is 4.98 Å². The Balaban J connectivity index is 0.00000132. The SMILES string of the molecule is C#CC.C/C(N)=C\C=C(/C)c1cnc(N)c(CC(C)c2c(F)ccc(F)c2P)c1. The molecule has 4 N–H and O–H groups in total. The van der Waals surface area contributed by atoms with E-state index in [1.54, 1.807) is 13.1 Å². The highest BCUT2D eigenvalue weighted by Gasteiger charge is 2.18. The molecule has 154 valence electrons. The molecule has 0 spiro atoms. The summed E-state index contributed by atoms with van der Waals surface area (Å²) in [5, 5.41) is 0.250. The quantitative estimate of drug-likeness (QED) is 0.423. The third-order valence-corrected chi connectivity index (χ3v) is 4.84. The van der Waals surface area contributed by atoms with E-state index in [1.807, 2.05) is 39.0 Å². The number of allylic oxidation sites excluding steroid dienone is 4. The number of halogens is 2. The van der Waals surface area contributed by atoms with Crippen LogP contribution >= 0.6 is 9.24 Å². The van der Waals surface area contributed by atoms with E-state index in [0.29, 0.717) is 23.5 Å². The first-order valence-electron chi connectivity index (χ1n) is 9.08. The predicted octanol–water partition coefficient (Wildman–Crippen LogP) is 4.69. The first kappa shape index (κ1) is 24.3. The van der Waals surface area contributed by atoms with Gasteiger partial charge in [0.05, 0.1) is 0 Å². The summed E-state index contributed by atoms with van der Waals surface area (Å²) in [6.45, 7) is 7.26. The lowest BCUT2D eigenvalue weighted by molar-refractivity contribution is 0.574. The van der Waals surface area contributed by atoms with Crippen molar-refractivity contribution in [1.82, 2.24) is 4.98 Å². The van der Waals surface area contributed by atoms with Gasteiger partial charge in [0.2, 0.25) is 0 Å². The van der Waals surface area contributed by atoms with Gasteiger partial charge in [-0.05, 0) is 74.1 Å². The van der Waals surface area contributed by atoms with Gasteiger partial charge in [-0.1, -0.05) is 13.0 Å². The van der Waals surface area contributed by atoms with E-state index in [1.165, 1.54) is 0 Å². The van der Waals surface area contributed by atoms with E-state index in [2.05, 4.69) is 26.6 Å². The normalized spacial score (nSPS) is 12.6. The zero-order valence-electron chi connectivity index (χ0n) is 17.3. The molecular formula is C23H28F2N3P. The van der Waals surface area contributed by atoms with E-state index in [9.17, 15) is 8.78 Å². The van der Waals surface area contributed by atoms with E-state index >= 15 is 0 Å². The number of terminal acetylenes is 1. The number of benzene rings is 1. The summed E-state index contributed by atoms with van der Waals surface area (Å²) in [6.07, 6.45) is 10.5. The number of aromatic nitrogens is 1. The van der Waals surface area contributed by atoms with Crippen LogP contribution in [0.15, 0.2) is 42.2 Å². The summed E-state index contributed by atoms with van der Waals surface area (Å²) in [5.41, 5.74) is 15.4. The van der Waals surface area contributed by atoms with E-state index in [-0.39, 0.29) is 11.2 Å². The van der Waals surface area contributed by atoms with Gasteiger partial charge in [0.25, 0.3) is 0 Å². The third-order valence-electron chi connectivity index (χ3n) is 4.25. The molecule has 0 fully saturated rings. The maximum Gasteiger partial charge on any atom is 0.130 e. The van der Waals surface area contributed by atoms with Gasteiger partial charge >= 0.3 is 0 Å². The Morgan fingerprint density at radius 2 is 1.86 bits per heavy atom. The maximum atomic E-state index is 14.2. The van der Waals surface area contributed by atoms with Gasteiger partial charge in [-0.25, -0.2) is 13.8 Å². The summed E-state index contributed by atoms with van der Waals surface area (Å²) in [7, 11) is 2.28. The molecule has 1 aromatic carbocycles. The standard InChI is InChI=1S/C20H24F2N3P.C3H4/c1-11(4-5-13(3)23)15-9-14(20(24)25-10-15)8-12(2)18-16(21)6-7-17(22)19(18)26;1-3-2/h4-7,9-10,12H,8,23,26H2,1-3H3,(H2,24,25);1H,2H3/b11-4+,13-5+;. The van der Waals surface area contributed by atoms with Crippen molar-refractivity contribution in [3.05, 3.63) is 70.6 Å². The van der Waals surface area contributed by atoms with Gasteiger partial charge in [-0.3, -0.25) is 0 Å². The second kappa shape index (κ2) is 11.3. The summed E-state index contributed by atoms with van der Waals surface area (Å²) < 4.78 is 28.0. The van der Waals surface area contributed by atoms with Crippen LogP contribution in [0.5, 0.6) is 0 Å². The number of hydrogen-bond acceptors (Lipinski definition) is 3. The van der Waals surface area contributed by atoms with Gasteiger partial charge < -0.3 is 11.5 Å². The highest BCUT2D eigenvalue weighted by atomic mass is 31.0. The summed E-state index contributed by atoms with van der Waals surface area (Å²) >= 11 is 0. The Morgan fingerprint density at radius 3 is 2.45 bits per heavy atom. The molecule has 0 aliphatic rings. The van der Waals surface area contributed by atoms with Crippen molar-refractivity contribution in [2.24, 2.45) is 5.73 Å². The number of hydrogen-bond donors (Lipinski definition) is 2. The smallest absolute Gasteiger partial charge is 0.130 e. The van der Waals surface area contributed by atoms with Crippen molar-refractivity contribution in [1.29, 1.82) is 0 Å². The Bertz CT molecular complexity index is 955. The van der Waals surface area contributed by atoms with Crippen molar-refractivity contribution >= 4 is 25.9 Å². The third kappa shape index (κ3) is 7.00. The molecule has 0 saturated heterocycles. The number of anilines is 1. The molecule has 6 heteroatoms. The molecule has 0 saturated carbocycles. The van der Waals surface area contributed by atoms with Crippen molar-refractivity contribution in [2.45, 2.75) is 40.0 Å². The minimum atomic E-state index is -0.444. The molecule has 0 bridgehead atoms. The Labute approximate surface area is 174 Å². The molecule has 1 heterocycles. The number of pyridine rings is 1. The van der Waals surface area contributed by atoms with Crippen LogP contribution in [0.1, 0.15) is 50.3 Å². The van der Waals surface area contributed by atoms with Crippen molar-refractivity contribution in [3.8, 4) is 12.3 Å².